The van der Waals surface area contributed by atoms with Gasteiger partial charge in [0, 0.05) is 31.0 Å². The third kappa shape index (κ3) is 23.6. The Kier molecular flexibility index (Phi) is 26.9. The molecule has 2 heterocycles. The molecule has 0 aliphatic heterocycles. The highest BCUT2D eigenvalue weighted by atomic mass is 35.5. The second-order valence-corrected chi connectivity index (χ2v) is 12.8. The van der Waals surface area contributed by atoms with E-state index in [0.717, 1.165) is 13.0 Å². The van der Waals surface area contributed by atoms with Crippen LogP contribution in [0.4, 0.5) is 0 Å². The first-order valence-corrected chi connectivity index (χ1v) is 18.1. The number of rotatable bonds is 29. The fraction of sp³-hybridized carbons (Fsp3) is 0.735. The van der Waals surface area contributed by atoms with Gasteiger partial charge >= 0.3 is 0 Å². The average Bonchev–Trinajstić information content (AvgIpc) is 3.01. The molecule has 0 amide bonds. The zero-order valence-corrected chi connectivity index (χ0v) is 28.3. The van der Waals surface area contributed by atoms with Crippen molar-refractivity contribution in [2.24, 2.45) is 0 Å². The molecule has 0 aromatic carbocycles. The predicted molar refractivity (Wildman–Crippen MR) is 172 cm³/mol. The molecule has 0 N–H and O–H groups in total. The van der Waals surface area contributed by atoms with E-state index in [1.165, 1.54) is 103 Å². The fourth-order valence-electron chi connectivity index (χ4n) is 4.90. The van der Waals surface area contributed by atoms with Crippen molar-refractivity contribution < 1.29 is 35.7 Å². The van der Waals surface area contributed by atoms with Crippen molar-refractivity contribution in [3.63, 3.8) is 0 Å². The second kappa shape index (κ2) is 29.3. The normalized spacial score (nSPS) is 12.5. The third-order valence-electron chi connectivity index (χ3n) is 7.39. The molecular formula is C34H58ClN3O4S. The van der Waals surface area contributed by atoms with Crippen LogP contribution in [0.3, 0.4) is 0 Å². The van der Waals surface area contributed by atoms with Gasteiger partial charge in [-0.1, -0.05) is 109 Å². The van der Waals surface area contributed by atoms with Gasteiger partial charge in [0.15, 0.2) is 25.0 Å². The van der Waals surface area contributed by atoms with Crippen LogP contribution in [0.15, 0.2) is 49.2 Å². The highest BCUT2D eigenvalue weighted by molar-refractivity contribution is 7.91. The van der Waals surface area contributed by atoms with Crippen LogP contribution in [0.1, 0.15) is 110 Å². The molecule has 2 atom stereocenters. The number of hydrogen-bond donors (Lipinski definition) is 0. The average molecular weight is 640 g/mol. The van der Waals surface area contributed by atoms with E-state index in [-0.39, 0.29) is 18.5 Å². The standard InChI is InChI=1S/C34H58N3O4S.ClH/c1-2-3-4-5-6-7-8-9-10-11-12-13-14-15-16-20-26-40-30-33(41-34-21-22-35-32-36-34)31-42(38)29-28-39-27-25-37-23-18-17-19-24-37;/h17-19,21-24,32-33H,2-16,20,25-31H2,1H3;1H/q+1;/p-1. The number of ether oxygens (including phenoxy) is 3. The Bertz CT molecular complexity index is 841. The van der Waals surface area contributed by atoms with E-state index < -0.39 is 11.2 Å². The van der Waals surface area contributed by atoms with Gasteiger partial charge in [0.1, 0.15) is 24.4 Å². The quantitative estimate of drug-likeness (QED) is 0.0752. The molecule has 7 nitrogen and oxygen atoms in total. The summed E-state index contributed by atoms with van der Waals surface area (Å²) in [4.78, 5) is 8.10. The Balaban J connectivity index is 0.00000924. The van der Waals surface area contributed by atoms with Gasteiger partial charge in [0.2, 0.25) is 5.88 Å². The van der Waals surface area contributed by atoms with Crippen LogP contribution in [-0.4, -0.2) is 58.6 Å². The summed E-state index contributed by atoms with van der Waals surface area (Å²) in [6.07, 6.45) is 28.5. The summed E-state index contributed by atoms with van der Waals surface area (Å²) in [5.41, 5.74) is 0. The molecule has 43 heavy (non-hydrogen) atoms. The molecule has 0 radical (unpaired) electrons. The lowest BCUT2D eigenvalue weighted by Gasteiger charge is -2.20. The minimum Gasteiger partial charge on any atom is -1.00 e. The van der Waals surface area contributed by atoms with E-state index in [2.05, 4.69) is 21.5 Å². The number of unbranched alkanes of at least 4 members (excludes halogenated alkanes) is 15. The SMILES string of the molecule is CCCCCCCCCCCCCCCCCCOCC(C[S+]([O-])CCOCC[n+]1ccccc1)Oc1ccncn1.[Cl-]. The molecule has 0 saturated heterocycles. The Morgan fingerprint density at radius 2 is 1.37 bits per heavy atom. The topological polar surface area (TPSA) is 80.4 Å². The number of hydrogen-bond acceptors (Lipinski definition) is 6. The van der Waals surface area contributed by atoms with E-state index in [4.69, 9.17) is 14.2 Å². The van der Waals surface area contributed by atoms with Crippen LogP contribution in [0, 0.1) is 0 Å². The molecule has 2 aromatic heterocycles. The lowest BCUT2D eigenvalue weighted by Crippen LogP contribution is -3.00. The molecule has 246 valence electrons. The molecule has 2 rings (SSSR count). The van der Waals surface area contributed by atoms with Crippen LogP contribution < -0.4 is 21.7 Å². The highest BCUT2D eigenvalue weighted by Gasteiger charge is 2.20. The maximum atomic E-state index is 12.7. The van der Waals surface area contributed by atoms with Gasteiger partial charge in [-0.3, -0.25) is 0 Å². The summed E-state index contributed by atoms with van der Waals surface area (Å²) in [6.45, 7) is 5.22. The molecule has 0 fully saturated rings. The summed E-state index contributed by atoms with van der Waals surface area (Å²) in [7, 11) is 0. The Morgan fingerprint density at radius 1 is 0.767 bits per heavy atom. The highest BCUT2D eigenvalue weighted by Crippen LogP contribution is 2.14. The first-order valence-electron chi connectivity index (χ1n) is 16.6. The van der Waals surface area contributed by atoms with Gasteiger partial charge in [-0.15, -0.1) is 0 Å². The van der Waals surface area contributed by atoms with Crippen LogP contribution in [0.25, 0.3) is 0 Å². The smallest absolute Gasteiger partial charge is 0.216 e. The first kappa shape index (κ1) is 39.6. The number of aromatic nitrogens is 3. The largest absolute Gasteiger partial charge is 1.00 e. The fourth-order valence-corrected chi connectivity index (χ4v) is 5.95. The summed E-state index contributed by atoms with van der Waals surface area (Å²) in [5.74, 6) is 1.34. The van der Waals surface area contributed by atoms with Gasteiger partial charge in [-0.05, 0) is 17.6 Å². The van der Waals surface area contributed by atoms with Gasteiger partial charge in [0.25, 0.3) is 0 Å². The number of halogens is 1. The van der Waals surface area contributed by atoms with Gasteiger partial charge in [-0.25, -0.2) is 14.5 Å². The molecule has 0 aliphatic rings. The monoisotopic (exact) mass is 639 g/mol. The van der Waals surface area contributed by atoms with Crippen molar-refractivity contribution in [2.45, 2.75) is 122 Å². The van der Waals surface area contributed by atoms with Crippen molar-refractivity contribution in [3.05, 3.63) is 49.2 Å². The molecule has 0 bridgehead atoms. The van der Waals surface area contributed by atoms with E-state index >= 15 is 0 Å². The van der Waals surface area contributed by atoms with E-state index in [9.17, 15) is 4.55 Å². The Morgan fingerprint density at radius 3 is 1.95 bits per heavy atom. The molecule has 0 saturated carbocycles. The number of nitrogens with zero attached hydrogens (tertiary/aromatic N) is 3. The van der Waals surface area contributed by atoms with Gasteiger partial charge < -0.3 is 31.2 Å². The molecule has 0 spiro atoms. The molecular weight excluding hydrogens is 582 g/mol. The summed E-state index contributed by atoms with van der Waals surface area (Å²) < 4.78 is 32.4. The molecule has 2 aromatic rings. The van der Waals surface area contributed by atoms with Crippen molar-refractivity contribution in [2.75, 3.05) is 37.9 Å². The van der Waals surface area contributed by atoms with Crippen LogP contribution in [0.2, 0.25) is 0 Å². The maximum absolute atomic E-state index is 12.7. The lowest BCUT2D eigenvalue weighted by atomic mass is 10.0. The van der Waals surface area contributed by atoms with Gasteiger partial charge in [0.05, 0.1) is 13.2 Å². The summed E-state index contributed by atoms with van der Waals surface area (Å²) in [5, 5.41) is 0. The first-order chi connectivity index (χ1) is 20.8. The van der Waals surface area contributed by atoms with Gasteiger partial charge in [-0.2, -0.15) is 0 Å². The van der Waals surface area contributed by atoms with Crippen molar-refractivity contribution in [1.82, 2.24) is 9.97 Å². The second-order valence-electron chi connectivity index (χ2n) is 11.2. The van der Waals surface area contributed by atoms with Crippen molar-refractivity contribution >= 4 is 11.2 Å². The zero-order chi connectivity index (χ0) is 29.8. The van der Waals surface area contributed by atoms with E-state index in [1.54, 1.807) is 12.3 Å². The van der Waals surface area contributed by atoms with Crippen molar-refractivity contribution in [1.29, 1.82) is 0 Å². The summed E-state index contributed by atoms with van der Waals surface area (Å²) in [6, 6.07) is 7.70. The minimum absolute atomic E-state index is 0. The Hall–Kier alpha value is -1.45. The summed E-state index contributed by atoms with van der Waals surface area (Å²) >= 11 is -1.07. The molecule has 9 heteroatoms. The maximum Gasteiger partial charge on any atom is 0.216 e. The lowest BCUT2D eigenvalue weighted by molar-refractivity contribution is -0.698. The number of pyridine rings is 1. The third-order valence-corrected chi connectivity index (χ3v) is 8.75. The molecule has 0 aliphatic carbocycles. The van der Waals surface area contributed by atoms with Crippen LogP contribution >= 0.6 is 0 Å². The molecule has 2 unspecified atom stereocenters. The van der Waals surface area contributed by atoms with Crippen LogP contribution in [0.5, 0.6) is 5.88 Å². The Labute approximate surface area is 271 Å². The van der Waals surface area contributed by atoms with E-state index in [0.29, 0.717) is 43.8 Å². The zero-order valence-electron chi connectivity index (χ0n) is 26.7. The minimum atomic E-state index is -1.07. The van der Waals surface area contributed by atoms with Crippen molar-refractivity contribution in [3.8, 4) is 5.88 Å². The van der Waals surface area contributed by atoms with Crippen LogP contribution in [-0.2, 0) is 27.2 Å². The van der Waals surface area contributed by atoms with E-state index in [1.807, 2.05) is 30.6 Å². The predicted octanol–water partition coefficient (Wildman–Crippen LogP) is 4.26.